The molecule has 2 fully saturated rings. The first-order valence-corrected chi connectivity index (χ1v) is 13.0. The molecule has 2 heterocycles. The number of nitrogens with one attached hydrogen (secondary N) is 1. The van der Waals surface area contributed by atoms with E-state index >= 15 is 0 Å². The van der Waals surface area contributed by atoms with Gasteiger partial charge in [0.05, 0.1) is 6.42 Å². The summed E-state index contributed by atoms with van der Waals surface area (Å²) < 4.78 is 5.46. The van der Waals surface area contributed by atoms with Crippen LogP contribution >= 0.6 is 0 Å². The maximum absolute atomic E-state index is 12.9. The number of benzene rings is 2. The first-order chi connectivity index (χ1) is 19.7. The van der Waals surface area contributed by atoms with Gasteiger partial charge in [-0.1, -0.05) is 48.5 Å². The molecule has 1 atom stereocenters. The number of ether oxygens (including phenoxy) is 1. The predicted octanol–water partition coefficient (Wildman–Crippen LogP) is 1.89. The van der Waals surface area contributed by atoms with Crippen LogP contribution in [0.1, 0.15) is 55.6 Å². The highest BCUT2D eigenvalue weighted by atomic mass is 16.7. The summed E-state index contributed by atoms with van der Waals surface area (Å²) in [5.74, 6) is -5.28. The number of rotatable bonds is 9. The number of carbonyl (C=O) groups is 7. The van der Waals surface area contributed by atoms with Gasteiger partial charge in [0.1, 0.15) is 12.6 Å². The molecule has 0 bridgehead atoms. The zero-order chi connectivity index (χ0) is 29.1. The van der Waals surface area contributed by atoms with Crippen LogP contribution in [0.15, 0.2) is 48.5 Å². The summed E-state index contributed by atoms with van der Waals surface area (Å²) >= 11 is 0. The number of hydroxylamine groups is 4. The highest BCUT2D eigenvalue weighted by molar-refractivity contribution is 6.02. The molecule has 3 aliphatic rings. The third kappa shape index (κ3) is 5.78. The van der Waals surface area contributed by atoms with E-state index < -0.39 is 60.5 Å². The van der Waals surface area contributed by atoms with E-state index in [0.717, 1.165) is 22.3 Å². The zero-order valence-corrected chi connectivity index (χ0v) is 21.7. The van der Waals surface area contributed by atoms with E-state index in [0.29, 0.717) is 10.1 Å². The number of alkyl carbamates (subject to hydrolysis) is 1. The van der Waals surface area contributed by atoms with Gasteiger partial charge in [0.15, 0.2) is 0 Å². The van der Waals surface area contributed by atoms with Gasteiger partial charge in [-0.25, -0.2) is 14.4 Å². The van der Waals surface area contributed by atoms with Crippen molar-refractivity contribution in [2.45, 2.75) is 50.5 Å². The van der Waals surface area contributed by atoms with E-state index in [-0.39, 0.29) is 38.2 Å². The van der Waals surface area contributed by atoms with Gasteiger partial charge in [0, 0.05) is 31.6 Å². The Morgan fingerprint density at radius 3 is 1.78 bits per heavy atom. The fraction of sp³-hybridized carbons (Fsp3) is 0.321. The molecule has 5 amide bonds. The molecule has 13 nitrogen and oxygen atoms in total. The van der Waals surface area contributed by atoms with Crippen molar-refractivity contribution in [2.75, 3.05) is 6.61 Å². The van der Waals surface area contributed by atoms with Crippen molar-refractivity contribution >= 4 is 41.7 Å². The minimum atomic E-state index is -1.54. The second kappa shape index (κ2) is 11.6. The fourth-order valence-electron chi connectivity index (χ4n) is 4.91. The number of imide groups is 2. The minimum Gasteiger partial charge on any atom is -0.449 e. The minimum absolute atomic E-state index is 0.0635. The highest BCUT2D eigenvalue weighted by Gasteiger charge is 2.37. The van der Waals surface area contributed by atoms with Gasteiger partial charge in [-0.05, 0) is 28.7 Å². The van der Waals surface area contributed by atoms with Crippen molar-refractivity contribution in [1.82, 2.24) is 15.4 Å². The van der Waals surface area contributed by atoms with Gasteiger partial charge in [0.2, 0.25) is 0 Å². The van der Waals surface area contributed by atoms with E-state index in [1.54, 1.807) is 0 Å². The maximum Gasteiger partial charge on any atom is 0.407 e. The summed E-state index contributed by atoms with van der Waals surface area (Å²) in [6.45, 7) is -0.0635. The molecule has 1 aliphatic carbocycles. The van der Waals surface area contributed by atoms with Crippen LogP contribution in [0.2, 0.25) is 0 Å². The molecule has 13 heteroatoms. The molecule has 41 heavy (non-hydrogen) atoms. The number of nitrogens with zero attached hydrogens (tertiary/aromatic N) is 2. The van der Waals surface area contributed by atoms with Crippen LogP contribution in [0, 0.1) is 0 Å². The largest absolute Gasteiger partial charge is 0.449 e. The Morgan fingerprint density at radius 2 is 1.24 bits per heavy atom. The monoisotopic (exact) mass is 563 g/mol. The van der Waals surface area contributed by atoms with Gasteiger partial charge in [-0.2, -0.15) is 0 Å². The van der Waals surface area contributed by atoms with Crippen molar-refractivity contribution < 1.29 is 48.0 Å². The van der Waals surface area contributed by atoms with E-state index in [9.17, 15) is 33.6 Å². The van der Waals surface area contributed by atoms with E-state index in [2.05, 4.69) is 5.32 Å². The molecular weight excluding hydrogens is 538 g/mol. The number of hydrogen-bond donors (Lipinski definition) is 1. The SMILES string of the molecule is O=C(CCC(NC(=O)OCC1c2ccccc2-c2ccccc21)C(=O)ON1C(=O)CCC1=O)ON1C(=O)CCC1=O. The topological polar surface area (TPSA) is 166 Å². The van der Waals surface area contributed by atoms with Crippen molar-refractivity contribution in [1.29, 1.82) is 0 Å². The summed E-state index contributed by atoms with van der Waals surface area (Å²) in [5.41, 5.74) is 3.98. The number of fused-ring (bicyclic) bond motifs is 3. The van der Waals surface area contributed by atoms with Gasteiger partial charge >= 0.3 is 18.0 Å². The molecule has 0 saturated carbocycles. The van der Waals surface area contributed by atoms with Crippen molar-refractivity contribution in [2.24, 2.45) is 0 Å². The lowest BCUT2D eigenvalue weighted by molar-refractivity contribution is -0.200. The van der Waals surface area contributed by atoms with Gasteiger partial charge in [-0.15, -0.1) is 10.1 Å². The van der Waals surface area contributed by atoms with Crippen LogP contribution in [0.3, 0.4) is 0 Å². The number of carbonyl (C=O) groups excluding carboxylic acids is 7. The first kappa shape index (κ1) is 27.5. The van der Waals surface area contributed by atoms with Gasteiger partial charge < -0.3 is 19.7 Å². The standard InChI is InChI=1S/C28H25N3O10/c32-22-10-11-23(33)30(22)40-26(36)14-9-21(27(37)41-31-24(34)12-13-25(31)35)29-28(38)39-15-20-18-7-3-1-5-16(18)17-6-2-4-8-19(17)20/h1-8,20-21H,9-15H2,(H,29,38). The number of hydrogen-bond acceptors (Lipinski definition) is 10. The average Bonchev–Trinajstić information content (AvgIpc) is 3.58. The molecule has 1 N–H and O–H groups in total. The molecule has 2 aromatic rings. The molecular formula is C28H25N3O10. The Hall–Kier alpha value is -5.07. The zero-order valence-electron chi connectivity index (χ0n) is 21.7. The number of amides is 5. The molecule has 5 rings (SSSR count). The smallest absolute Gasteiger partial charge is 0.407 e. The second-order valence-corrected chi connectivity index (χ2v) is 9.60. The fourth-order valence-corrected chi connectivity index (χ4v) is 4.91. The molecule has 0 aromatic heterocycles. The van der Waals surface area contributed by atoms with Crippen LogP contribution in [0.4, 0.5) is 4.79 Å². The van der Waals surface area contributed by atoms with E-state index in [4.69, 9.17) is 14.4 Å². The molecule has 2 aliphatic heterocycles. The van der Waals surface area contributed by atoms with Crippen molar-refractivity contribution in [3.63, 3.8) is 0 Å². The quantitative estimate of drug-likeness (QED) is 0.445. The predicted molar refractivity (Wildman–Crippen MR) is 136 cm³/mol. The maximum atomic E-state index is 12.9. The van der Waals surface area contributed by atoms with Gasteiger partial charge in [0.25, 0.3) is 23.6 Å². The molecule has 0 spiro atoms. The molecule has 212 valence electrons. The molecule has 0 radical (unpaired) electrons. The van der Waals surface area contributed by atoms with Crippen LogP contribution in [0.5, 0.6) is 0 Å². The Balaban J connectivity index is 1.24. The van der Waals surface area contributed by atoms with E-state index in [1.165, 1.54) is 0 Å². The molecule has 2 saturated heterocycles. The van der Waals surface area contributed by atoms with Crippen molar-refractivity contribution in [3.05, 3.63) is 59.7 Å². The summed E-state index contributed by atoms with van der Waals surface area (Å²) in [6.07, 6.45) is -2.41. The molecule has 2 aromatic carbocycles. The highest BCUT2D eigenvalue weighted by Crippen LogP contribution is 2.44. The molecule has 1 unspecified atom stereocenters. The Labute approximate surface area is 233 Å². The van der Waals surface area contributed by atoms with E-state index in [1.807, 2.05) is 48.5 Å². The van der Waals surface area contributed by atoms with Crippen LogP contribution in [-0.4, -0.2) is 64.4 Å². The average molecular weight is 564 g/mol. The third-order valence-electron chi connectivity index (χ3n) is 6.94. The van der Waals surface area contributed by atoms with Crippen LogP contribution < -0.4 is 5.32 Å². The third-order valence-corrected chi connectivity index (χ3v) is 6.94. The van der Waals surface area contributed by atoms with Crippen molar-refractivity contribution in [3.8, 4) is 11.1 Å². The summed E-state index contributed by atoms with van der Waals surface area (Å²) in [5, 5.41) is 2.99. The lowest BCUT2D eigenvalue weighted by Crippen LogP contribution is -2.46. The lowest BCUT2D eigenvalue weighted by atomic mass is 9.98. The second-order valence-electron chi connectivity index (χ2n) is 9.60. The van der Waals surface area contributed by atoms with Crippen LogP contribution in [0.25, 0.3) is 11.1 Å². The van der Waals surface area contributed by atoms with Crippen LogP contribution in [-0.2, 0) is 43.2 Å². The Morgan fingerprint density at radius 1 is 0.756 bits per heavy atom. The van der Waals surface area contributed by atoms with Gasteiger partial charge in [-0.3, -0.25) is 19.2 Å². The summed E-state index contributed by atoms with van der Waals surface area (Å²) in [7, 11) is 0. The summed E-state index contributed by atoms with van der Waals surface area (Å²) in [4.78, 5) is 94.9. The Bertz CT molecular complexity index is 1380. The normalized spacial score (nSPS) is 16.9. The first-order valence-electron chi connectivity index (χ1n) is 13.0. The Kier molecular flexibility index (Phi) is 7.77. The summed E-state index contributed by atoms with van der Waals surface area (Å²) in [6, 6.07) is 13.9. The lowest BCUT2D eigenvalue weighted by Gasteiger charge is -2.21.